The van der Waals surface area contributed by atoms with E-state index in [-0.39, 0.29) is 17.5 Å². The first-order valence-electron chi connectivity index (χ1n) is 6.31. The molecule has 0 aromatic heterocycles. The molecule has 1 nitrogen and oxygen atoms in total. The van der Waals surface area contributed by atoms with Gasteiger partial charge < -0.3 is 0 Å². The second-order valence-corrected chi connectivity index (χ2v) is 5.03. The van der Waals surface area contributed by atoms with Gasteiger partial charge in [0.05, 0.1) is 0 Å². The SMILES string of the molecule is CCc1c(C)c(C)c(F)c(C)c1C(=O)C1CC1. The molecule has 0 saturated heterocycles. The van der Waals surface area contributed by atoms with Crippen LogP contribution in [0.25, 0.3) is 0 Å². The predicted molar refractivity (Wildman–Crippen MR) is 67.0 cm³/mol. The van der Waals surface area contributed by atoms with E-state index in [0.717, 1.165) is 30.4 Å². The highest BCUT2D eigenvalue weighted by atomic mass is 19.1. The Labute approximate surface area is 102 Å². The van der Waals surface area contributed by atoms with E-state index in [1.54, 1.807) is 13.8 Å². The highest BCUT2D eigenvalue weighted by molar-refractivity contribution is 6.02. The first kappa shape index (κ1) is 12.3. The van der Waals surface area contributed by atoms with Crippen molar-refractivity contribution in [1.29, 1.82) is 0 Å². The molecule has 1 saturated carbocycles. The third kappa shape index (κ3) is 1.90. The van der Waals surface area contributed by atoms with Gasteiger partial charge in [0, 0.05) is 11.5 Å². The number of benzene rings is 1. The van der Waals surface area contributed by atoms with Crippen molar-refractivity contribution in [3.8, 4) is 0 Å². The van der Waals surface area contributed by atoms with E-state index in [1.165, 1.54) is 0 Å². The van der Waals surface area contributed by atoms with Gasteiger partial charge in [0.2, 0.25) is 0 Å². The molecule has 1 aromatic rings. The molecular weight excluding hydrogens is 215 g/mol. The standard InChI is InChI=1S/C15H19FO/c1-5-12-8(2)9(3)14(16)10(4)13(12)15(17)11-6-7-11/h11H,5-7H2,1-4H3. The summed E-state index contributed by atoms with van der Waals surface area (Å²) in [6, 6.07) is 0. The Morgan fingerprint density at radius 1 is 1.18 bits per heavy atom. The van der Waals surface area contributed by atoms with Crippen LogP contribution in [0.5, 0.6) is 0 Å². The molecular formula is C15H19FO. The van der Waals surface area contributed by atoms with Gasteiger partial charge in [-0.1, -0.05) is 6.92 Å². The van der Waals surface area contributed by atoms with Crippen molar-refractivity contribution in [2.75, 3.05) is 0 Å². The highest BCUT2D eigenvalue weighted by Crippen LogP contribution is 2.36. The average molecular weight is 234 g/mol. The number of hydrogen-bond donors (Lipinski definition) is 0. The third-order valence-corrected chi connectivity index (χ3v) is 3.90. The van der Waals surface area contributed by atoms with Crippen LogP contribution in [0.4, 0.5) is 4.39 Å². The number of carbonyl (C=O) groups is 1. The summed E-state index contributed by atoms with van der Waals surface area (Å²) in [6.45, 7) is 7.47. The zero-order valence-electron chi connectivity index (χ0n) is 11.0. The Morgan fingerprint density at radius 3 is 2.24 bits per heavy atom. The molecule has 0 aliphatic heterocycles. The van der Waals surface area contributed by atoms with Crippen molar-refractivity contribution >= 4 is 5.78 Å². The fraction of sp³-hybridized carbons (Fsp3) is 0.533. The fourth-order valence-electron chi connectivity index (χ4n) is 2.52. The summed E-state index contributed by atoms with van der Waals surface area (Å²) in [5.41, 5.74) is 3.88. The molecule has 0 heterocycles. The smallest absolute Gasteiger partial charge is 0.166 e. The average Bonchev–Trinajstić information content (AvgIpc) is 3.14. The van der Waals surface area contributed by atoms with Gasteiger partial charge in [0.25, 0.3) is 0 Å². The number of Topliss-reactive ketones (excluding diaryl/α,β-unsaturated/α-hetero) is 1. The van der Waals surface area contributed by atoms with Crippen molar-refractivity contribution in [2.45, 2.75) is 47.0 Å². The van der Waals surface area contributed by atoms with Gasteiger partial charge in [-0.2, -0.15) is 0 Å². The van der Waals surface area contributed by atoms with Crippen LogP contribution in [0, 0.1) is 32.5 Å². The molecule has 1 aliphatic rings. The Morgan fingerprint density at radius 2 is 1.76 bits per heavy atom. The topological polar surface area (TPSA) is 17.1 Å². The van der Waals surface area contributed by atoms with Crippen molar-refractivity contribution < 1.29 is 9.18 Å². The largest absolute Gasteiger partial charge is 0.294 e. The van der Waals surface area contributed by atoms with Crippen LogP contribution in [-0.2, 0) is 6.42 Å². The first-order valence-corrected chi connectivity index (χ1v) is 6.31. The molecule has 0 amide bonds. The molecule has 1 aliphatic carbocycles. The van der Waals surface area contributed by atoms with Crippen molar-refractivity contribution in [3.63, 3.8) is 0 Å². The molecule has 92 valence electrons. The minimum atomic E-state index is -0.205. The minimum absolute atomic E-state index is 0.153. The van der Waals surface area contributed by atoms with Gasteiger partial charge in [-0.05, 0) is 62.3 Å². The zero-order valence-corrected chi connectivity index (χ0v) is 11.0. The van der Waals surface area contributed by atoms with Gasteiger partial charge in [0.15, 0.2) is 5.78 Å². The van der Waals surface area contributed by atoms with E-state index in [9.17, 15) is 9.18 Å². The van der Waals surface area contributed by atoms with Crippen molar-refractivity contribution in [3.05, 3.63) is 33.6 Å². The molecule has 2 rings (SSSR count). The molecule has 0 radical (unpaired) electrons. The maximum atomic E-state index is 14.1. The molecule has 2 heteroatoms. The van der Waals surface area contributed by atoms with Crippen LogP contribution in [0.3, 0.4) is 0 Å². The lowest BCUT2D eigenvalue weighted by atomic mass is 9.88. The van der Waals surface area contributed by atoms with Crippen LogP contribution in [0.1, 0.15) is 52.4 Å². The van der Waals surface area contributed by atoms with Gasteiger partial charge >= 0.3 is 0 Å². The highest BCUT2D eigenvalue weighted by Gasteiger charge is 2.33. The van der Waals surface area contributed by atoms with E-state index < -0.39 is 0 Å². The Kier molecular flexibility index (Phi) is 3.07. The summed E-state index contributed by atoms with van der Waals surface area (Å²) in [6.07, 6.45) is 2.73. The fourth-order valence-corrected chi connectivity index (χ4v) is 2.52. The molecule has 0 spiro atoms. The van der Waals surface area contributed by atoms with Crippen molar-refractivity contribution in [2.24, 2.45) is 5.92 Å². The molecule has 0 atom stereocenters. The van der Waals surface area contributed by atoms with Crippen LogP contribution in [0.2, 0.25) is 0 Å². The van der Waals surface area contributed by atoms with Gasteiger partial charge in [-0.15, -0.1) is 0 Å². The molecule has 1 aromatic carbocycles. The van der Waals surface area contributed by atoms with Gasteiger partial charge in [0.1, 0.15) is 5.82 Å². The number of rotatable bonds is 3. The molecule has 0 N–H and O–H groups in total. The second kappa shape index (κ2) is 4.25. The number of hydrogen-bond acceptors (Lipinski definition) is 1. The van der Waals surface area contributed by atoms with Crippen LogP contribution < -0.4 is 0 Å². The van der Waals surface area contributed by atoms with E-state index >= 15 is 0 Å². The number of ketones is 1. The Balaban J connectivity index is 2.67. The lowest BCUT2D eigenvalue weighted by Crippen LogP contribution is -2.13. The maximum Gasteiger partial charge on any atom is 0.166 e. The molecule has 0 unspecified atom stereocenters. The lowest BCUT2D eigenvalue weighted by molar-refractivity contribution is 0.0965. The third-order valence-electron chi connectivity index (χ3n) is 3.90. The zero-order chi connectivity index (χ0) is 12.7. The van der Waals surface area contributed by atoms with E-state index in [1.807, 2.05) is 13.8 Å². The summed E-state index contributed by atoms with van der Waals surface area (Å²) >= 11 is 0. The summed E-state index contributed by atoms with van der Waals surface area (Å²) in [5.74, 6) is 0.102. The lowest BCUT2D eigenvalue weighted by Gasteiger charge is -2.17. The molecule has 17 heavy (non-hydrogen) atoms. The summed E-state index contributed by atoms with van der Waals surface area (Å²) in [5, 5.41) is 0. The van der Waals surface area contributed by atoms with E-state index in [0.29, 0.717) is 16.7 Å². The van der Waals surface area contributed by atoms with E-state index in [4.69, 9.17) is 0 Å². The predicted octanol–water partition coefficient (Wildman–Crippen LogP) is 3.91. The maximum absolute atomic E-state index is 14.1. The number of carbonyl (C=O) groups excluding carboxylic acids is 1. The molecule has 0 bridgehead atoms. The monoisotopic (exact) mass is 234 g/mol. The Bertz CT molecular complexity index is 484. The van der Waals surface area contributed by atoms with Crippen LogP contribution >= 0.6 is 0 Å². The summed E-state index contributed by atoms with van der Waals surface area (Å²) in [4.78, 5) is 12.3. The quantitative estimate of drug-likeness (QED) is 0.725. The Hall–Kier alpha value is -1.18. The number of halogens is 1. The molecule has 1 fully saturated rings. The normalized spacial score (nSPS) is 15.1. The minimum Gasteiger partial charge on any atom is -0.294 e. The van der Waals surface area contributed by atoms with Crippen LogP contribution in [0.15, 0.2) is 0 Å². The summed E-state index contributed by atoms with van der Waals surface area (Å²) in [7, 11) is 0. The second-order valence-electron chi connectivity index (χ2n) is 5.03. The summed E-state index contributed by atoms with van der Waals surface area (Å²) < 4.78 is 14.1. The van der Waals surface area contributed by atoms with Gasteiger partial charge in [-0.25, -0.2) is 4.39 Å². The van der Waals surface area contributed by atoms with E-state index in [2.05, 4.69) is 0 Å². The first-order chi connectivity index (χ1) is 7.99. The van der Waals surface area contributed by atoms with Gasteiger partial charge in [-0.3, -0.25) is 4.79 Å². The van der Waals surface area contributed by atoms with Crippen molar-refractivity contribution in [1.82, 2.24) is 0 Å². The van der Waals surface area contributed by atoms with Crippen LogP contribution in [-0.4, -0.2) is 5.78 Å².